The van der Waals surface area contributed by atoms with Crippen molar-refractivity contribution in [3.8, 4) is 0 Å². The minimum absolute atomic E-state index is 0.0171. The van der Waals surface area contributed by atoms with Gasteiger partial charge in [0, 0.05) is 51.7 Å². The smallest absolute Gasteiger partial charge is 0.227 e. The first kappa shape index (κ1) is 20.0. The second kappa shape index (κ2) is 8.39. The fourth-order valence-corrected chi connectivity index (χ4v) is 5.27. The molecule has 0 saturated carbocycles. The van der Waals surface area contributed by atoms with Gasteiger partial charge in [0.05, 0.1) is 22.5 Å². The number of pyridine rings is 1. The highest BCUT2D eigenvalue weighted by Crippen LogP contribution is 2.30. The quantitative estimate of drug-likeness (QED) is 0.488. The summed E-state index contributed by atoms with van der Waals surface area (Å²) in [4.78, 5) is 29.5. The van der Waals surface area contributed by atoms with Gasteiger partial charge in [-0.2, -0.15) is 0 Å². The van der Waals surface area contributed by atoms with Crippen LogP contribution in [0.15, 0.2) is 67.0 Å². The summed E-state index contributed by atoms with van der Waals surface area (Å²) in [6, 6.07) is 18.4. The number of piperidine rings is 1. The Morgan fingerprint density at radius 2 is 1.67 bits per heavy atom. The van der Waals surface area contributed by atoms with E-state index in [1.807, 2.05) is 41.4 Å². The molecule has 0 radical (unpaired) electrons. The van der Waals surface area contributed by atoms with E-state index in [1.54, 1.807) is 0 Å². The number of piperazine rings is 1. The molecule has 0 spiro atoms. The van der Waals surface area contributed by atoms with Crippen LogP contribution in [0.3, 0.4) is 0 Å². The van der Waals surface area contributed by atoms with Gasteiger partial charge in [0.2, 0.25) is 5.91 Å². The van der Waals surface area contributed by atoms with Crippen molar-refractivity contribution in [2.24, 2.45) is 5.92 Å². The van der Waals surface area contributed by atoms with Gasteiger partial charge in [0.1, 0.15) is 5.82 Å². The number of rotatable bonds is 3. The number of hydrogen-bond donors (Lipinski definition) is 0. The van der Waals surface area contributed by atoms with Crippen LogP contribution < -0.4 is 9.80 Å². The minimum atomic E-state index is 0.0171. The zero-order valence-electron chi connectivity index (χ0n) is 18.7. The third-order valence-corrected chi connectivity index (χ3v) is 6.98. The molecule has 7 nitrogen and oxygen atoms in total. The van der Waals surface area contributed by atoms with Gasteiger partial charge in [0.15, 0.2) is 5.82 Å². The molecule has 0 bridgehead atoms. The molecule has 2 aliphatic heterocycles. The molecular weight excluding hydrogens is 412 g/mol. The van der Waals surface area contributed by atoms with Crippen LogP contribution >= 0.6 is 0 Å². The largest absolute Gasteiger partial charge is 0.354 e. The van der Waals surface area contributed by atoms with Crippen molar-refractivity contribution in [3.05, 3.63) is 67.0 Å². The Bertz CT molecular complexity index is 1280. The van der Waals surface area contributed by atoms with Gasteiger partial charge in [-0.15, -0.1) is 0 Å². The van der Waals surface area contributed by atoms with Gasteiger partial charge in [-0.25, -0.2) is 9.97 Å². The highest BCUT2D eigenvalue weighted by Gasteiger charge is 2.32. The molecule has 1 amide bonds. The average molecular weight is 441 g/mol. The molecule has 4 aromatic rings. The van der Waals surface area contributed by atoms with Gasteiger partial charge < -0.3 is 19.1 Å². The van der Waals surface area contributed by atoms with Gasteiger partial charge in [-0.3, -0.25) is 4.79 Å². The first-order chi connectivity index (χ1) is 16.3. The molecule has 2 saturated heterocycles. The molecule has 1 atom stereocenters. The van der Waals surface area contributed by atoms with Crippen LogP contribution in [0.2, 0.25) is 0 Å². The van der Waals surface area contributed by atoms with E-state index < -0.39 is 0 Å². The highest BCUT2D eigenvalue weighted by atomic mass is 16.2. The number of aromatic nitrogens is 3. The maximum Gasteiger partial charge on any atom is 0.227 e. The van der Waals surface area contributed by atoms with Crippen LogP contribution in [-0.2, 0) is 4.79 Å². The van der Waals surface area contributed by atoms with Gasteiger partial charge in [-0.1, -0.05) is 18.2 Å². The van der Waals surface area contributed by atoms with Crippen molar-refractivity contribution < 1.29 is 4.79 Å². The van der Waals surface area contributed by atoms with Crippen LogP contribution in [0.25, 0.3) is 16.6 Å². The van der Waals surface area contributed by atoms with Crippen LogP contribution in [0.1, 0.15) is 12.8 Å². The van der Waals surface area contributed by atoms with Crippen LogP contribution in [0.4, 0.5) is 11.6 Å². The van der Waals surface area contributed by atoms with Crippen molar-refractivity contribution in [1.29, 1.82) is 0 Å². The van der Waals surface area contributed by atoms with Crippen LogP contribution in [0, 0.1) is 5.92 Å². The number of hydrogen-bond acceptors (Lipinski definition) is 5. The topological polar surface area (TPSA) is 57.0 Å². The number of carbonyl (C=O) groups excluding carboxylic acids is 1. The predicted octanol–water partition coefficient (Wildman–Crippen LogP) is 3.45. The van der Waals surface area contributed by atoms with E-state index in [9.17, 15) is 4.79 Å². The summed E-state index contributed by atoms with van der Waals surface area (Å²) in [7, 11) is 0. The number of benzene rings is 1. The summed E-state index contributed by atoms with van der Waals surface area (Å²) < 4.78 is 2.21. The standard InChI is InChI=1S/C26H28N6O/c33-26(30-17-15-29(16-18-30)24-11-3-4-12-27-24)20-7-5-13-31(19-20)25-23-10-6-14-32(23)22-9-2-1-8-21(22)28-25/h1-4,6,8-12,14,20H,5,7,13,15-19H2. The fourth-order valence-electron chi connectivity index (χ4n) is 5.27. The molecule has 0 aliphatic carbocycles. The van der Waals surface area contributed by atoms with E-state index >= 15 is 0 Å². The second-order valence-electron chi connectivity index (χ2n) is 8.97. The van der Waals surface area contributed by atoms with Crippen molar-refractivity contribution in [2.45, 2.75) is 12.8 Å². The molecule has 1 unspecified atom stereocenters. The maximum atomic E-state index is 13.4. The molecule has 7 heteroatoms. The average Bonchev–Trinajstić information content (AvgIpc) is 3.39. The van der Waals surface area contributed by atoms with E-state index in [2.05, 4.69) is 49.6 Å². The molecule has 1 aromatic carbocycles. The van der Waals surface area contributed by atoms with E-state index in [0.717, 1.165) is 80.3 Å². The van der Waals surface area contributed by atoms with E-state index in [4.69, 9.17) is 4.98 Å². The second-order valence-corrected chi connectivity index (χ2v) is 8.97. The molecule has 2 aliphatic rings. The predicted molar refractivity (Wildman–Crippen MR) is 131 cm³/mol. The van der Waals surface area contributed by atoms with Gasteiger partial charge >= 0.3 is 0 Å². The van der Waals surface area contributed by atoms with E-state index in [0.29, 0.717) is 0 Å². The lowest BCUT2D eigenvalue weighted by Gasteiger charge is -2.39. The summed E-state index contributed by atoms with van der Waals surface area (Å²) in [5.41, 5.74) is 3.19. The Morgan fingerprint density at radius 1 is 0.848 bits per heavy atom. The molecule has 6 rings (SSSR count). The molecule has 5 heterocycles. The van der Waals surface area contributed by atoms with E-state index in [1.165, 1.54) is 0 Å². The minimum Gasteiger partial charge on any atom is -0.354 e. The van der Waals surface area contributed by atoms with Crippen molar-refractivity contribution in [3.63, 3.8) is 0 Å². The number of fused-ring (bicyclic) bond motifs is 3. The monoisotopic (exact) mass is 440 g/mol. The summed E-state index contributed by atoms with van der Waals surface area (Å²) in [5.74, 6) is 2.28. The summed E-state index contributed by atoms with van der Waals surface area (Å²) >= 11 is 0. The fraction of sp³-hybridized carbons (Fsp3) is 0.346. The van der Waals surface area contributed by atoms with Crippen molar-refractivity contribution >= 4 is 34.1 Å². The summed E-state index contributed by atoms with van der Waals surface area (Å²) in [6.07, 6.45) is 5.87. The molecule has 0 N–H and O–H groups in total. The zero-order chi connectivity index (χ0) is 22.2. The van der Waals surface area contributed by atoms with Gasteiger partial charge in [-0.05, 0) is 49.2 Å². The third kappa shape index (κ3) is 3.67. The summed E-state index contributed by atoms with van der Waals surface area (Å²) in [5, 5.41) is 0. The van der Waals surface area contributed by atoms with Crippen LogP contribution in [0.5, 0.6) is 0 Å². The number of nitrogens with zero attached hydrogens (tertiary/aromatic N) is 6. The lowest BCUT2D eigenvalue weighted by atomic mass is 9.96. The maximum absolute atomic E-state index is 13.4. The van der Waals surface area contributed by atoms with Crippen molar-refractivity contribution in [2.75, 3.05) is 49.1 Å². The Morgan fingerprint density at radius 3 is 2.52 bits per heavy atom. The number of carbonyl (C=O) groups is 1. The highest BCUT2D eigenvalue weighted by molar-refractivity contribution is 5.86. The molecule has 168 valence electrons. The molecule has 3 aromatic heterocycles. The first-order valence-corrected chi connectivity index (χ1v) is 11.8. The Hall–Kier alpha value is -3.61. The lowest BCUT2D eigenvalue weighted by Crippen LogP contribution is -2.52. The lowest BCUT2D eigenvalue weighted by molar-refractivity contribution is -0.136. The van der Waals surface area contributed by atoms with Gasteiger partial charge in [0.25, 0.3) is 0 Å². The first-order valence-electron chi connectivity index (χ1n) is 11.8. The molecular formula is C26H28N6O. The Labute approximate surface area is 193 Å². The SMILES string of the molecule is O=C(C1CCCN(c2nc3ccccc3n3cccc23)C1)N1CCN(c2ccccn2)CC1. The number of para-hydroxylation sites is 2. The van der Waals surface area contributed by atoms with Crippen LogP contribution in [-0.4, -0.2) is 64.4 Å². The zero-order valence-corrected chi connectivity index (χ0v) is 18.7. The molecule has 33 heavy (non-hydrogen) atoms. The van der Waals surface area contributed by atoms with Crippen molar-refractivity contribution in [1.82, 2.24) is 19.3 Å². The number of anilines is 2. The van der Waals surface area contributed by atoms with E-state index in [-0.39, 0.29) is 11.8 Å². The Kier molecular flexibility index (Phi) is 5.09. The molecule has 2 fully saturated rings. The normalized spacial score (nSPS) is 19.4. The number of amides is 1. The summed E-state index contributed by atoms with van der Waals surface area (Å²) in [6.45, 7) is 4.83. The third-order valence-electron chi connectivity index (χ3n) is 6.98. The Balaban J connectivity index is 1.19.